The molecule has 1 aliphatic heterocycles. The summed E-state index contributed by atoms with van der Waals surface area (Å²) in [7, 11) is 0. The van der Waals surface area contributed by atoms with E-state index in [4.69, 9.17) is 0 Å². The van der Waals surface area contributed by atoms with Gasteiger partial charge in [-0.2, -0.15) is 6.42 Å². The van der Waals surface area contributed by atoms with E-state index in [2.05, 4.69) is 19.2 Å². The molecule has 4 nitrogen and oxygen atoms in total. The molecule has 0 aromatic rings. The summed E-state index contributed by atoms with van der Waals surface area (Å²) in [5.74, 6) is -0.0795. The molecule has 0 aromatic heterocycles. The van der Waals surface area contributed by atoms with Crippen LogP contribution in [-0.2, 0) is 30.7 Å². The van der Waals surface area contributed by atoms with E-state index in [0.29, 0.717) is 6.04 Å². The van der Waals surface area contributed by atoms with Crippen LogP contribution in [-0.4, -0.2) is 35.3 Å². The van der Waals surface area contributed by atoms with Crippen molar-refractivity contribution in [2.75, 3.05) is 6.54 Å². The van der Waals surface area contributed by atoms with Crippen LogP contribution < -0.4 is 5.32 Å². The third-order valence-corrected chi connectivity index (χ3v) is 3.70. The van der Waals surface area contributed by atoms with E-state index in [9.17, 15) is 9.59 Å². The molecule has 1 N–H and O–H groups in total. The maximum atomic E-state index is 12.2. The largest absolute Gasteiger partial charge is 0.370 e. The Kier molecular flexibility index (Phi) is 10.0. The van der Waals surface area contributed by atoms with Gasteiger partial charge in [0.1, 0.15) is 6.04 Å². The Balaban J connectivity index is 0.00000361. The van der Waals surface area contributed by atoms with Crippen molar-refractivity contribution in [3.63, 3.8) is 0 Å². The summed E-state index contributed by atoms with van der Waals surface area (Å²) in [6.07, 6.45) is 7.91. The van der Waals surface area contributed by atoms with E-state index in [1.165, 1.54) is 0 Å². The van der Waals surface area contributed by atoms with Gasteiger partial charge in [-0.1, -0.05) is 26.2 Å². The third kappa shape index (κ3) is 6.30. The van der Waals surface area contributed by atoms with Crippen molar-refractivity contribution < 1.29 is 30.7 Å². The number of hydrogen-bond acceptors (Lipinski definition) is 2. The van der Waals surface area contributed by atoms with Crippen LogP contribution in [0.1, 0.15) is 59.3 Å². The second kappa shape index (κ2) is 10.3. The smallest absolute Gasteiger partial charge is 0.245 e. The Labute approximate surface area is 137 Å². The number of unbranched alkanes of at least 4 members (excludes halogenated alkanes) is 3. The van der Waals surface area contributed by atoms with Crippen LogP contribution in [0.5, 0.6) is 0 Å². The molecule has 1 rings (SSSR count). The van der Waals surface area contributed by atoms with Gasteiger partial charge in [-0.3, -0.25) is 4.79 Å². The number of carbonyl (C=O) groups is 2. The van der Waals surface area contributed by atoms with E-state index in [-0.39, 0.29) is 32.9 Å². The molecule has 1 aliphatic rings. The molecule has 20 heavy (non-hydrogen) atoms. The number of likely N-dealkylation sites (tertiary alicyclic amines) is 1. The molecule has 0 spiro atoms. The number of rotatable bonds is 7. The monoisotopic (exact) mass is 451 g/mol. The Bertz CT molecular complexity index is 310. The first kappa shape index (κ1) is 19.5. The Morgan fingerprint density at radius 2 is 2.10 bits per heavy atom. The molecule has 0 bridgehead atoms. The first-order valence-electron chi connectivity index (χ1n) is 7.50. The second-order valence-electron chi connectivity index (χ2n) is 5.45. The molecule has 2 atom stereocenters. The fourth-order valence-corrected chi connectivity index (χ4v) is 2.47. The zero-order valence-electron chi connectivity index (χ0n) is 12.9. The molecule has 0 saturated carbocycles. The van der Waals surface area contributed by atoms with Gasteiger partial charge >= 0.3 is 0 Å². The van der Waals surface area contributed by atoms with E-state index in [1.807, 2.05) is 4.90 Å². The summed E-state index contributed by atoms with van der Waals surface area (Å²) < 4.78 is 0. The van der Waals surface area contributed by atoms with Gasteiger partial charge in [0.2, 0.25) is 5.91 Å². The van der Waals surface area contributed by atoms with E-state index in [1.54, 1.807) is 13.3 Å². The minimum atomic E-state index is -0.421. The molecule has 116 valence electrons. The fourth-order valence-electron chi connectivity index (χ4n) is 2.47. The number of nitrogens with zero attached hydrogens (tertiary/aromatic N) is 1. The van der Waals surface area contributed by atoms with Gasteiger partial charge in [0.15, 0.2) is 0 Å². The SMILES string of the molecule is CCCCC[CH-]C(=O)NC(C)C(=O)N1CCCC1C.[W]. The zero-order chi connectivity index (χ0) is 14.3. The molecule has 1 fully saturated rings. The Hall–Kier alpha value is -0.502. The van der Waals surface area contributed by atoms with Crippen LogP contribution in [0.2, 0.25) is 0 Å². The summed E-state index contributed by atoms with van der Waals surface area (Å²) in [6, 6.07) is -0.115. The molecule has 0 radical (unpaired) electrons. The van der Waals surface area contributed by atoms with Crippen LogP contribution in [0.15, 0.2) is 0 Å². The van der Waals surface area contributed by atoms with Crippen molar-refractivity contribution in [3.8, 4) is 0 Å². The van der Waals surface area contributed by atoms with Crippen molar-refractivity contribution in [1.29, 1.82) is 0 Å². The van der Waals surface area contributed by atoms with Crippen LogP contribution in [0.4, 0.5) is 0 Å². The molecule has 1 heterocycles. The molecule has 0 aromatic carbocycles. The molecular formula is C15H27N2O2W-. The van der Waals surface area contributed by atoms with Crippen molar-refractivity contribution in [2.24, 2.45) is 0 Å². The number of hydrogen-bond donors (Lipinski definition) is 1. The predicted octanol–water partition coefficient (Wildman–Crippen LogP) is 2.28. The van der Waals surface area contributed by atoms with Crippen LogP contribution >= 0.6 is 0 Å². The van der Waals surface area contributed by atoms with Gasteiger partial charge in [-0.25, -0.2) is 0 Å². The van der Waals surface area contributed by atoms with Crippen molar-refractivity contribution in [2.45, 2.75) is 71.4 Å². The minimum Gasteiger partial charge on any atom is -0.370 e. The summed E-state index contributed by atoms with van der Waals surface area (Å²) in [5, 5.41) is 2.77. The van der Waals surface area contributed by atoms with Crippen molar-refractivity contribution >= 4 is 11.8 Å². The maximum Gasteiger partial charge on any atom is 0.245 e. The van der Waals surface area contributed by atoms with Gasteiger partial charge in [0.25, 0.3) is 0 Å². The molecule has 2 amide bonds. The van der Waals surface area contributed by atoms with Gasteiger partial charge in [-0.05, 0) is 26.7 Å². The number of carbonyl (C=O) groups excluding carboxylic acids is 2. The quantitative estimate of drug-likeness (QED) is 0.477. The van der Waals surface area contributed by atoms with Crippen LogP contribution in [0, 0.1) is 6.42 Å². The Morgan fingerprint density at radius 1 is 1.40 bits per heavy atom. The predicted molar refractivity (Wildman–Crippen MR) is 76.5 cm³/mol. The second-order valence-corrected chi connectivity index (χ2v) is 5.45. The topological polar surface area (TPSA) is 49.4 Å². The summed E-state index contributed by atoms with van der Waals surface area (Å²) in [5.41, 5.74) is 0. The molecule has 5 heteroatoms. The van der Waals surface area contributed by atoms with E-state index in [0.717, 1.165) is 45.1 Å². The van der Waals surface area contributed by atoms with E-state index >= 15 is 0 Å². The molecule has 1 saturated heterocycles. The standard InChI is InChI=1S/C15H27N2O2.W/c1-4-5-6-7-10-14(18)16-13(3)15(19)17-11-8-9-12(17)2;/h10,12-13H,4-9,11H2,1-3H3,(H,16,18);/q-1;. The number of amides is 2. The van der Waals surface area contributed by atoms with Gasteiger partial charge < -0.3 is 21.4 Å². The first-order valence-corrected chi connectivity index (χ1v) is 7.50. The van der Waals surface area contributed by atoms with Gasteiger partial charge in [0, 0.05) is 33.7 Å². The maximum absolute atomic E-state index is 12.2. The van der Waals surface area contributed by atoms with Crippen LogP contribution in [0.3, 0.4) is 0 Å². The van der Waals surface area contributed by atoms with Gasteiger partial charge in [0.05, 0.1) is 5.91 Å². The zero-order valence-corrected chi connectivity index (χ0v) is 15.8. The normalized spacial score (nSPS) is 19.1. The summed E-state index contributed by atoms with van der Waals surface area (Å²) in [4.78, 5) is 25.7. The fraction of sp³-hybridized carbons (Fsp3) is 0.800. The van der Waals surface area contributed by atoms with E-state index < -0.39 is 6.04 Å². The Morgan fingerprint density at radius 3 is 2.65 bits per heavy atom. The minimum absolute atomic E-state index is 0. The number of nitrogens with one attached hydrogen (secondary N) is 1. The third-order valence-electron chi connectivity index (χ3n) is 3.70. The molecule has 0 aliphatic carbocycles. The van der Waals surface area contributed by atoms with Gasteiger partial charge in [-0.15, -0.1) is 0 Å². The molecular weight excluding hydrogens is 424 g/mol. The van der Waals surface area contributed by atoms with Crippen molar-refractivity contribution in [3.05, 3.63) is 6.42 Å². The van der Waals surface area contributed by atoms with Crippen molar-refractivity contribution in [1.82, 2.24) is 10.2 Å². The average molecular weight is 451 g/mol. The summed E-state index contributed by atoms with van der Waals surface area (Å²) in [6.45, 7) is 6.79. The first-order chi connectivity index (χ1) is 9.06. The van der Waals surface area contributed by atoms with Crippen LogP contribution in [0.25, 0.3) is 0 Å². The summed E-state index contributed by atoms with van der Waals surface area (Å²) >= 11 is 0. The molecule has 2 unspecified atom stereocenters. The average Bonchev–Trinajstić information content (AvgIpc) is 2.80.